The molecule has 16 heavy (non-hydrogen) atoms. The fourth-order valence-electron chi connectivity index (χ4n) is 2.68. The summed E-state index contributed by atoms with van der Waals surface area (Å²) in [5.41, 5.74) is 6.98. The molecule has 0 saturated heterocycles. The van der Waals surface area contributed by atoms with Crippen LogP contribution in [-0.4, -0.2) is 21.3 Å². The topological polar surface area (TPSA) is 64.1 Å². The van der Waals surface area contributed by atoms with Crippen LogP contribution in [0.2, 0.25) is 0 Å². The minimum absolute atomic E-state index is 0.0260. The van der Waals surface area contributed by atoms with Gasteiger partial charge >= 0.3 is 0 Å². The van der Waals surface area contributed by atoms with Crippen LogP contribution >= 0.6 is 0 Å². The van der Waals surface area contributed by atoms with E-state index in [-0.39, 0.29) is 18.2 Å². The number of rotatable bonds is 3. The summed E-state index contributed by atoms with van der Waals surface area (Å²) in [6, 6.07) is -0.318. The summed E-state index contributed by atoms with van der Waals surface area (Å²) < 4.78 is 2.17. The molecule has 0 aliphatic heterocycles. The lowest BCUT2D eigenvalue weighted by atomic mass is 9.83. The summed E-state index contributed by atoms with van der Waals surface area (Å²) in [5.74, 6) is 0. The van der Waals surface area contributed by atoms with Gasteiger partial charge in [0.2, 0.25) is 0 Å². The Morgan fingerprint density at radius 3 is 2.81 bits per heavy atom. The quantitative estimate of drug-likeness (QED) is 0.817. The van der Waals surface area contributed by atoms with E-state index in [1.165, 1.54) is 32.1 Å². The highest BCUT2D eigenvalue weighted by atomic mass is 16.3. The van der Waals surface area contributed by atoms with Crippen LogP contribution in [0.3, 0.4) is 0 Å². The van der Waals surface area contributed by atoms with Gasteiger partial charge in [0.05, 0.1) is 24.7 Å². The molecule has 1 aromatic heterocycles. The molecule has 1 aliphatic carbocycles. The number of imidazole rings is 1. The van der Waals surface area contributed by atoms with Gasteiger partial charge in [-0.25, -0.2) is 4.98 Å². The maximum absolute atomic E-state index is 9.15. The Morgan fingerprint density at radius 2 is 2.19 bits per heavy atom. The molecule has 0 radical (unpaired) electrons. The Hall–Kier alpha value is -0.870. The largest absolute Gasteiger partial charge is 0.394 e. The molecule has 1 saturated carbocycles. The molecule has 1 heterocycles. The Kier molecular flexibility index (Phi) is 3.30. The van der Waals surface area contributed by atoms with Crippen molar-refractivity contribution in [2.24, 2.45) is 5.73 Å². The molecule has 0 bridgehead atoms. The maximum Gasteiger partial charge on any atom is 0.0953 e. The van der Waals surface area contributed by atoms with Gasteiger partial charge in [-0.2, -0.15) is 0 Å². The van der Waals surface area contributed by atoms with Gasteiger partial charge < -0.3 is 15.4 Å². The van der Waals surface area contributed by atoms with E-state index in [2.05, 4.69) is 16.5 Å². The number of aromatic nitrogens is 2. The van der Waals surface area contributed by atoms with Gasteiger partial charge in [-0.05, 0) is 19.8 Å². The van der Waals surface area contributed by atoms with Crippen LogP contribution in [0, 0.1) is 0 Å². The van der Waals surface area contributed by atoms with E-state index in [4.69, 9.17) is 10.8 Å². The molecule has 0 aromatic carbocycles. The highest BCUT2D eigenvalue weighted by molar-refractivity contribution is 5.09. The third-order valence-electron chi connectivity index (χ3n) is 3.76. The number of hydrogen-bond acceptors (Lipinski definition) is 3. The predicted molar refractivity (Wildman–Crippen MR) is 63.0 cm³/mol. The van der Waals surface area contributed by atoms with Crippen LogP contribution in [0.25, 0.3) is 0 Å². The Morgan fingerprint density at radius 1 is 1.50 bits per heavy atom. The number of hydrogen-bond donors (Lipinski definition) is 2. The number of nitrogens with zero attached hydrogens (tertiary/aromatic N) is 2. The highest BCUT2D eigenvalue weighted by Crippen LogP contribution is 2.36. The van der Waals surface area contributed by atoms with Crippen molar-refractivity contribution in [3.8, 4) is 0 Å². The van der Waals surface area contributed by atoms with Crippen LogP contribution in [0.4, 0.5) is 0 Å². The summed E-state index contributed by atoms with van der Waals surface area (Å²) in [6.07, 6.45) is 9.84. The van der Waals surface area contributed by atoms with Crippen molar-refractivity contribution < 1.29 is 5.11 Å². The van der Waals surface area contributed by atoms with Crippen LogP contribution in [0.1, 0.15) is 50.8 Å². The first-order valence-electron chi connectivity index (χ1n) is 6.06. The van der Waals surface area contributed by atoms with E-state index in [1.54, 1.807) is 6.20 Å². The van der Waals surface area contributed by atoms with Gasteiger partial charge in [0, 0.05) is 11.7 Å². The third-order valence-corrected chi connectivity index (χ3v) is 3.76. The zero-order chi connectivity index (χ0) is 11.6. The SMILES string of the molecule is CC1(n2cncc2C(N)CO)CCCCC1. The van der Waals surface area contributed by atoms with Crippen LogP contribution < -0.4 is 5.73 Å². The monoisotopic (exact) mass is 223 g/mol. The van der Waals surface area contributed by atoms with Crippen molar-refractivity contribution >= 4 is 0 Å². The smallest absolute Gasteiger partial charge is 0.0953 e. The molecule has 4 nitrogen and oxygen atoms in total. The van der Waals surface area contributed by atoms with Crippen LogP contribution in [0.15, 0.2) is 12.5 Å². The third kappa shape index (κ3) is 1.99. The fraction of sp³-hybridized carbons (Fsp3) is 0.750. The Labute approximate surface area is 96.5 Å². The van der Waals surface area contributed by atoms with Gasteiger partial charge in [-0.1, -0.05) is 19.3 Å². The lowest BCUT2D eigenvalue weighted by Gasteiger charge is -2.37. The van der Waals surface area contributed by atoms with Crippen molar-refractivity contribution in [1.82, 2.24) is 9.55 Å². The van der Waals surface area contributed by atoms with E-state index in [1.807, 2.05) is 6.33 Å². The molecule has 0 amide bonds. The summed E-state index contributed by atoms with van der Waals surface area (Å²) in [5, 5.41) is 9.15. The van der Waals surface area contributed by atoms with Gasteiger partial charge in [0.25, 0.3) is 0 Å². The van der Waals surface area contributed by atoms with Crippen molar-refractivity contribution in [1.29, 1.82) is 0 Å². The van der Waals surface area contributed by atoms with E-state index in [9.17, 15) is 0 Å². The highest BCUT2D eigenvalue weighted by Gasteiger charge is 2.31. The van der Waals surface area contributed by atoms with E-state index < -0.39 is 0 Å². The summed E-state index contributed by atoms with van der Waals surface area (Å²) in [7, 11) is 0. The second-order valence-corrected chi connectivity index (χ2v) is 5.04. The minimum atomic E-state index is -0.318. The zero-order valence-corrected chi connectivity index (χ0v) is 9.89. The van der Waals surface area contributed by atoms with Crippen LogP contribution in [0.5, 0.6) is 0 Å². The van der Waals surface area contributed by atoms with E-state index in [0.29, 0.717) is 0 Å². The standard InChI is InChI=1S/C12H21N3O/c1-12(5-3-2-4-6-12)15-9-14-7-11(15)10(13)8-16/h7,9-10,16H,2-6,8,13H2,1H3. The lowest BCUT2D eigenvalue weighted by molar-refractivity contribution is 0.201. The van der Waals surface area contributed by atoms with Crippen molar-refractivity contribution in [3.63, 3.8) is 0 Å². The average molecular weight is 223 g/mol. The molecule has 1 aromatic rings. The molecule has 1 aliphatic rings. The van der Waals surface area contributed by atoms with E-state index >= 15 is 0 Å². The second-order valence-electron chi connectivity index (χ2n) is 5.04. The first-order valence-corrected chi connectivity index (χ1v) is 6.06. The van der Waals surface area contributed by atoms with Crippen molar-refractivity contribution in [2.75, 3.05) is 6.61 Å². The van der Waals surface area contributed by atoms with Crippen LogP contribution in [-0.2, 0) is 5.54 Å². The zero-order valence-electron chi connectivity index (χ0n) is 9.89. The molecule has 4 heteroatoms. The van der Waals surface area contributed by atoms with Crippen molar-refractivity contribution in [3.05, 3.63) is 18.2 Å². The van der Waals surface area contributed by atoms with Crippen molar-refractivity contribution in [2.45, 2.75) is 50.6 Å². The minimum Gasteiger partial charge on any atom is -0.394 e. The van der Waals surface area contributed by atoms with Gasteiger partial charge in [-0.3, -0.25) is 0 Å². The van der Waals surface area contributed by atoms with Gasteiger partial charge in [0.15, 0.2) is 0 Å². The molecule has 90 valence electrons. The first-order chi connectivity index (χ1) is 7.67. The van der Waals surface area contributed by atoms with Gasteiger partial charge in [0.1, 0.15) is 0 Å². The lowest BCUT2D eigenvalue weighted by Crippen LogP contribution is -2.35. The molecular formula is C12H21N3O. The van der Waals surface area contributed by atoms with Gasteiger partial charge in [-0.15, -0.1) is 0 Å². The summed E-state index contributed by atoms with van der Waals surface area (Å²) in [6.45, 7) is 2.24. The summed E-state index contributed by atoms with van der Waals surface area (Å²) in [4.78, 5) is 4.18. The number of nitrogens with two attached hydrogens (primary N) is 1. The normalized spacial score (nSPS) is 21.9. The molecule has 2 rings (SSSR count). The maximum atomic E-state index is 9.15. The Balaban J connectivity index is 2.28. The molecule has 0 spiro atoms. The fourth-order valence-corrected chi connectivity index (χ4v) is 2.68. The average Bonchev–Trinajstić information content (AvgIpc) is 2.78. The number of aliphatic hydroxyl groups excluding tert-OH is 1. The predicted octanol–water partition coefficient (Wildman–Crippen LogP) is 1.55. The molecular weight excluding hydrogens is 202 g/mol. The van der Waals surface area contributed by atoms with E-state index in [0.717, 1.165) is 5.69 Å². The molecule has 1 fully saturated rings. The number of aliphatic hydroxyl groups is 1. The Bertz CT molecular complexity index is 342. The second kappa shape index (κ2) is 4.55. The molecule has 1 atom stereocenters. The molecule has 3 N–H and O–H groups in total. The first kappa shape index (κ1) is 11.6. The summed E-state index contributed by atoms with van der Waals surface area (Å²) >= 11 is 0. The molecule has 1 unspecified atom stereocenters.